The molecule has 5 heteroatoms. The summed E-state index contributed by atoms with van der Waals surface area (Å²) in [6, 6.07) is 10.2. The van der Waals surface area contributed by atoms with E-state index in [1.807, 2.05) is 35.2 Å². The van der Waals surface area contributed by atoms with E-state index in [-0.39, 0.29) is 6.03 Å². The molecule has 0 aliphatic carbocycles. The summed E-state index contributed by atoms with van der Waals surface area (Å²) in [7, 11) is 0. The standard InChI is InChI=1S/C19H27N3O2/c23-18(20-17-14-21-10-6-15(17)7-11-21)22-12-8-19(24,9-13-22)16-4-2-1-3-5-16/h1-5,15,17,24H,6-14H2,(H,20,23). The molecule has 1 atom stereocenters. The van der Waals surface area contributed by atoms with Crippen molar-refractivity contribution in [2.45, 2.75) is 37.3 Å². The predicted octanol–water partition coefficient (Wildman–Crippen LogP) is 1.77. The molecule has 1 unspecified atom stereocenters. The van der Waals surface area contributed by atoms with Crippen LogP contribution in [0.4, 0.5) is 4.79 Å². The van der Waals surface area contributed by atoms with Crippen LogP contribution in [0.5, 0.6) is 0 Å². The maximum absolute atomic E-state index is 12.6. The Morgan fingerprint density at radius 3 is 2.33 bits per heavy atom. The monoisotopic (exact) mass is 329 g/mol. The molecule has 0 aromatic heterocycles. The van der Waals surface area contributed by atoms with Crippen molar-refractivity contribution in [2.24, 2.45) is 5.92 Å². The average Bonchev–Trinajstić information content (AvgIpc) is 2.64. The normalized spacial score (nSPS) is 31.7. The molecule has 0 spiro atoms. The van der Waals surface area contributed by atoms with Gasteiger partial charge in [-0.1, -0.05) is 30.3 Å². The average molecular weight is 329 g/mol. The molecule has 2 N–H and O–H groups in total. The van der Waals surface area contributed by atoms with Gasteiger partial charge in [-0.25, -0.2) is 4.79 Å². The third-order valence-electron chi connectivity index (χ3n) is 6.15. The molecular weight excluding hydrogens is 302 g/mol. The summed E-state index contributed by atoms with van der Waals surface area (Å²) in [4.78, 5) is 16.9. The van der Waals surface area contributed by atoms with Gasteiger partial charge in [-0.3, -0.25) is 0 Å². The van der Waals surface area contributed by atoms with Crippen molar-refractivity contribution in [2.75, 3.05) is 32.7 Å². The molecule has 4 aliphatic heterocycles. The van der Waals surface area contributed by atoms with Gasteiger partial charge in [0.1, 0.15) is 0 Å². The first kappa shape index (κ1) is 15.9. The fourth-order valence-electron chi connectivity index (χ4n) is 4.50. The van der Waals surface area contributed by atoms with Crippen molar-refractivity contribution in [3.8, 4) is 0 Å². The van der Waals surface area contributed by atoms with Crippen molar-refractivity contribution in [3.05, 3.63) is 35.9 Å². The van der Waals surface area contributed by atoms with Crippen LogP contribution < -0.4 is 5.32 Å². The fourth-order valence-corrected chi connectivity index (χ4v) is 4.50. The van der Waals surface area contributed by atoms with Gasteiger partial charge >= 0.3 is 6.03 Å². The molecule has 1 aromatic rings. The van der Waals surface area contributed by atoms with E-state index < -0.39 is 5.60 Å². The number of amides is 2. The van der Waals surface area contributed by atoms with Crippen LogP contribution in [0, 0.1) is 5.92 Å². The second-order valence-electron chi connectivity index (χ2n) is 7.58. The van der Waals surface area contributed by atoms with Gasteiger partial charge in [-0.2, -0.15) is 0 Å². The molecule has 4 heterocycles. The Labute approximate surface area is 143 Å². The summed E-state index contributed by atoms with van der Waals surface area (Å²) >= 11 is 0. The molecule has 0 radical (unpaired) electrons. The summed E-state index contributed by atoms with van der Waals surface area (Å²) in [5.41, 5.74) is 0.163. The first-order chi connectivity index (χ1) is 11.6. The lowest BCUT2D eigenvalue weighted by molar-refractivity contribution is -0.0179. The fraction of sp³-hybridized carbons (Fsp3) is 0.632. The zero-order valence-electron chi connectivity index (χ0n) is 14.2. The molecule has 2 bridgehead atoms. The Hall–Kier alpha value is -1.59. The van der Waals surface area contributed by atoms with E-state index in [0.717, 1.165) is 12.1 Å². The zero-order chi connectivity index (χ0) is 16.6. The van der Waals surface area contributed by atoms with Crippen molar-refractivity contribution in [1.82, 2.24) is 15.1 Å². The van der Waals surface area contributed by atoms with Gasteiger partial charge < -0.3 is 20.2 Å². The third kappa shape index (κ3) is 3.03. The molecule has 4 fully saturated rings. The molecular formula is C19H27N3O2. The smallest absolute Gasteiger partial charge is 0.317 e. The van der Waals surface area contributed by atoms with Crippen molar-refractivity contribution in [1.29, 1.82) is 0 Å². The number of hydrogen-bond donors (Lipinski definition) is 2. The highest BCUT2D eigenvalue weighted by atomic mass is 16.3. The Balaban J connectivity index is 1.33. The van der Waals surface area contributed by atoms with E-state index in [9.17, 15) is 9.90 Å². The summed E-state index contributed by atoms with van der Waals surface area (Å²) in [6.07, 6.45) is 3.62. The number of nitrogens with zero attached hydrogens (tertiary/aromatic N) is 2. The van der Waals surface area contributed by atoms with E-state index in [2.05, 4.69) is 10.2 Å². The van der Waals surface area contributed by atoms with Gasteiger partial charge in [-0.05, 0) is 50.3 Å². The van der Waals surface area contributed by atoms with Gasteiger partial charge in [0.15, 0.2) is 0 Å². The maximum atomic E-state index is 12.6. The minimum atomic E-state index is -0.798. The summed E-state index contributed by atoms with van der Waals surface area (Å²) in [5, 5.41) is 14.1. The molecule has 0 saturated carbocycles. The lowest BCUT2D eigenvalue weighted by Crippen LogP contribution is -2.60. The summed E-state index contributed by atoms with van der Waals surface area (Å²) in [6.45, 7) is 4.59. The van der Waals surface area contributed by atoms with Gasteiger partial charge in [0, 0.05) is 25.7 Å². The number of carbonyl (C=O) groups is 1. The molecule has 4 saturated heterocycles. The van der Waals surface area contributed by atoms with Crippen LogP contribution in [0.2, 0.25) is 0 Å². The SMILES string of the molecule is O=C(NC1CN2CCC1CC2)N1CCC(O)(c2ccccc2)CC1. The van der Waals surface area contributed by atoms with Crippen LogP contribution in [0.1, 0.15) is 31.2 Å². The molecule has 2 amide bonds. The number of benzene rings is 1. The first-order valence-corrected chi connectivity index (χ1v) is 9.20. The summed E-state index contributed by atoms with van der Waals surface area (Å²) < 4.78 is 0. The van der Waals surface area contributed by atoms with Crippen molar-refractivity contribution >= 4 is 6.03 Å². The largest absolute Gasteiger partial charge is 0.385 e. The van der Waals surface area contributed by atoms with Crippen LogP contribution in [0.15, 0.2) is 30.3 Å². The van der Waals surface area contributed by atoms with Crippen molar-refractivity contribution in [3.63, 3.8) is 0 Å². The zero-order valence-corrected chi connectivity index (χ0v) is 14.2. The van der Waals surface area contributed by atoms with Crippen LogP contribution in [-0.2, 0) is 5.60 Å². The number of fused-ring (bicyclic) bond motifs is 3. The van der Waals surface area contributed by atoms with E-state index in [0.29, 0.717) is 37.9 Å². The minimum Gasteiger partial charge on any atom is -0.385 e. The summed E-state index contributed by atoms with van der Waals surface area (Å²) in [5.74, 6) is 0.644. The van der Waals surface area contributed by atoms with E-state index in [4.69, 9.17) is 0 Å². The lowest BCUT2D eigenvalue weighted by atomic mass is 9.83. The number of aliphatic hydroxyl groups is 1. The molecule has 4 aliphatic rings. The molecule has 130 valence electrons. The number of hydrogen-bond acceptors (Lipinski definition) is 3. The van der Waals surface area contributed by atoms with Crippen molar-refractivity contribution < 1.29 is 9.90 Å². The molecule has 5 rings (SSSR count). The first-order valence-electron chi connectivity index (χ1n) is 9.20. The van der Waals surface area contributed by atoms with Crippen LogP contribution in [0.25, 0.3) is 0 Å². The highest BCUT2D eigenvalue weighted by molar-refractivity contribution is 5.74. The minimum absolute atomic E-state index is 0.0452. The van der Waals surface area contributed by atoms with Gasteiger partial charge in [-0.15, -0.1) is 0 Å². The third-order valence-corrected chi connectivity index (χ3v) is 6.15. The van der Waals surface area contributed by atoms with Crippen LogP contribution in [0.3, 0.4) is 0 Å². The number of likely N-dealkylation sites (tertiary alicyclic amines) is 1. The molecule has 5 nitrogen and oxygen atoms in total. The highest BCUT2D eigenvalue weighted by Gasteiger charge is 2.38. The number of carbonyl (C=O) groups excluding carboxylic acids is 1. The van der Waals surface area contributed by atoms with Crippen LogP contribution in [-0.4, -0.2) is 59.7 Å². The van der Waals surface area contributed by atoms with Gasteiger partial charge in [0.2, 0.25) is 0 Å². The molecule has 1 aromatic carbocycles. The predicted molar refractivity (Wildman–Crippen MR) is 92.6 cm³/mol. The van der Waals surface area contributed by atoms with E-state index >= 15 is 0 Å². The highest BCUT2D eigenvalue weighted by Crippen LogP contribution is 2.33. The Morgan fingerprint density at radius 2 is 1.75 bits per heavy atom. The maximum Gasteiger partial charge on any atom is 0.317 e. The second kappa shape index (κ2) is 6.37. The topological polar surface area (TPSA) is 55.8 Å². The second-order valence-corrected chi connectivity index (χ2v) is 7.58. The van der Waals surface area contributed by atoms with E-state index in [1.165, 1.54) is 25.9 Å². The number of rotatable bonds is 2. The Bertz CT molecular complexity index is 576. The van der Waals surface area contributed by atoms with Gasteiger partial charge in [0.05, 0.1) is 5.60 Å². The number of nitrogens with one attached hydrogen (secondary N) is 1. The van der Waals surface area contributed by atoms with E-state index in [1.54, 1.807) is 0 Å². The quantitative estimate of drug-likeness (QED) is 0.869. The Kier molecular flexibility index (Phi) is 4.22. The Morgan fingerprint density at radius 1 is 1.08 bits per heavy atom. The number of piperidine rings is 4. The van der Waals surface area contributed by atoms with Gasteiger partial charge in [0.25, 0.3) is 0 Å². The lowest BCUT2D eigenvalue weighted by Gasteiger charge is -2.46. The van der Waals surface area contributed by atoms with Crippen LogP contribution >= 0.6 is 0 Å². The molecule has 24 heavy (non-hydrogen) atoms. The number of urea groups is 1.